The zero-order valence-electron chi connectivity index (χ0n) is 12.1. The summed E-state index contributed by atoms with van der Waals surface area (Å²) in [5.74, 6) is -0.925. The number of imide groups is 1. The van der Waals surface area contributed by atoms with E-state index in [9.17, 15) is 14.4 Å². The molecule has 0 spiro atoms. The van der Waals surface area contributed by atoms with E-state index >= 15 is 0 Å². The van der Waals surface area contributed by atoms with Crippen molar-refractivity contribution in [1.82, 2.24) is 25.7 Å². The van der Waals surface area contributed by atoms with Gasteiger partial charge < -0.3 is 5.73 Å². The Morgan fingerprint density at radius 1 is 1.00 bits per heavy atom. The van der Waals surface area contributed by atoms with Crippen LogP contribution >= 0.6 is 46.2 Å². The van der Waals surface area contributed by atoms with E-state index in [1.54, 1.807) is 0 Å². The Hall–Kier alpha value is -1.77. The fourth-order valence-corrected chi connectivity index (χ4v) is 4.24. The van der Waals surface area contributed by atoms with E-state index in [0.29, 0.717) is 18.9 Å². The van der Waals surface area contributed by atoms with Gasteiger partial charge in [-0.1, -0.05) is 46.2 Å². The fraction of sp³-hybridized carbons (Fsp3) is 0.300. The quantitative estimate of drug-likeness (QED) is 0.437. The van der Waals surface area contributed by atoms with Crippen LogP contribution in [0.2, 0.25) is 0 Å². The van der Waals surface area contributed by atoms with Crippen LogP contribution in [0.1, 0.15) is 6.92 Å². The average Bonchev–Trinajstić information content (AvgIpc) is 3.11. The van der Waals surface area contributed by atoms with Crippen molar-refractivity contribution in [3.05, 3.63) is 0 Å². The number of carbonyl (C=O) groups excluding carboxylic acids is 3. The van der Waals surface area contributed by atoms with Gasteiger partial charge in [0, 0.05) is 6.92 Å². The van der Waals surface area contributed by atoms with Crippen LogP contribution in [0.3, 0.4) is 0 Å². The maximum atomic E-state index is 11.8. The first-order chi connectivity index (χ1) is 11.4. The molecule has 0 atom stereocenters. The molecule has 24 heavy (non-hydrogen) atoms. The van der Waals surface area contributed by atoms with Gasteiger partial charge in [0.1, 0.15) is 0 Å². The van der Waals surface area contributed by atoms with Crippen LogP contribution in [-0.2, 0) is 14.4 Å². The van der Waals surface area contributed by atoms with Crippen molar-refractivity contribution in [2.45, 2.75) is 15.6 Å². The topological polar surface area (TPSA) is 153 Å². The minimum atomic E-state index is -0.416. The van der Waals surface area contributed by atoms with E-state index in [-0.39, 0.29) is 17.4 Å². The average molecular weight is 406 g/mol. The van der Waals surface area contributed by atoms with E-state index < -0.39 is 11.8 Å². The van der Waals surface area contributed by atoms with Crippen molar-refractivity contribution >= 4 is 74.2 Å². The Balaban J connectivity index is 1.75. The summed E-state index contributed by atoms with van der Waals surface area (Å²) in [6.45, 7) is 1.26. The van der Waals surface area contributed by atoms with Crippen LogP contribution in [0, 0.1) is 0 Å². The highest BCUT2D eigenvalue weighted by Crippen LogP contribution is 2.26. The molecule has 0 aliphatic rings. The number of nitrogen functional groups attached to an aromatic ring is 1. The number of carbonyl (C=O) groups is 3. The van der Waals surface area contributed by atoms with E-state index in [1.807, 2.05) is 0 Å². The van der Waals surface area contributed by atoms with E-state index in [0.717, 1.165) is 23.1 Å². The number of amides is 3. The van der Waals surface area contributed by atoms with Crippen LogP contribution in [0.15, 0.2) is 8.68 Å². The molecule has 2 heterocycles. The second-order valence-electron chi connectivity index (χ2n) is 4.01. The molecular formula is C10H11N7O3S4. The third-order valence-corrected chi connectivity index (χ3v) is 5.90. The Labute approximate surface area is 152 Å². The van der Waals surface area contributed by atoms with Crippen molar-refractivity contribution in [2.75, 3.05) is 22.6 Å². The van der Waals surface area contributed by atoms with Crippen LogP contribution < -0.4 is 16.4 Å². The monoisotopic (exact) mass is 405 g/mol. The van der Waals surface area contributed by atoms with Gasteiger partial charge in [-0.15, -0.1) is 20.4 Å². The minimum absolute atomic E-state index is 0.0382. The molecule has 4 N–H and O–H groups in total. The van der Waals surface area contributed by atoms with Gasteiger partial charge in [-0.05, 0) is 0 Å². The molecule has 0 aromatic carbocycles. The van der Waals surface area contributed by atoms with Crippen LogP contribution in [-0.4, -0.2) is 49.6 Å². The number of nitrogens with one attached hydrogen (secondary N) is 2. The first-order valence-corrected chi connectivity index (χ1v) is 9.81. The van der Waals surface area contributed by atoms with Gasteiger partial charge in [-0.25, -0.2) is 0 Å². The van der Waals surface area contributed by atoms with Crippen molar-refractivity contribution in [3.8, 4) is 0 Å². The van der Waals surface area contributed by atoms with Gasteiger partial charge in [-0.2, -0.15) is 0 Å². The van der Waals surface area contributed by atoms with Crippen LogP contribution in [0.5, 0.6) is 0 Å². The standard InChI is InChI=1S/C10H11N7O3S4/c1-4(18)12-5(19)2-22-10-17-15-8(24-10)13-6(20)3-21-9-16-14-7(11)23-9/h2-3H2,1H3,(H2,11,14)(H,12,18,19)(H,13,15,20). The number of aromatic nitrogens is 4. The zero-order chi connectivity index (χ0) is 17.5. The lowest BCUT2D eigenvalue weighted by molar-refractivity contribution is -0.127. The molecular weight excluding hydrogens is 394 g/mol. The lowest BCUT2D eigenvalue weighted by Crippen LogP contribution is -2.29. The summed E-state index contributed by atoms with van der Waals surface area (Å²) >= 11 is 4.68. The summed E-state index contributed by atoms with van der Waals surface area (Å²) in [5.41, 5.74) is 5.45. The highest BCUT2D eigenvalue weighted by molar-refractivity contribution is 8.02. The van der Waals surface area contributed by atoms with Gasteiger partial charge in [-0.3, -0.25) is 25.0 Å². The molecule has 3 amide bonds. The Bertz CT molecular complexity index is 746. The lowest BCUT2D eigenvalue weighted by Gasteiger charge is -1.98. The fourth-order valence-electron chi connectivity index (χ4n) is 1.24. The highest BCUT2D eigenvalue weighted by atomic mass is 32.2. The number of rotatable bonds is 7. The molecule has 128 valence electrons. The molecule has 0 bridgehead atoms. The highest BCUT2D eigenvalue weighted by Gasteiger charge is 2.12. The van der Waals surface area contributed by atoms with E-state index in [1.165, 1.54) is 30.0 Å². The molecule has 0 aliphatic carbocycles. The molecule has 0 fully saturated rings. The number of hydrogen-bond acceptors (Lipinski definition) is 12. The van der Waals surface area contributed by atoms with Crippen LogP contribution in [0.25, 0.3) is 0 Å². The largest absolute Gasteiger partial charge is 0.374 e. The van der Waals surface area contributed by atoms with Gasteiger partial charge in [0.05, 0.1) is 11.5 Å². The SMILES string of the molecule is CC(=O)NC(=O)CSc1nnc(NC(=O)CSc2nnc(N)s2)s1. The summed E-state index contributed by atoms with van der Waals surface area (Å²) in [7, 11) is 0. The Morgan fingerprint density at radius 2 is 1.62 bits per heavy atom. The molecule has 2 aromatic rings. The second-order valence-corrected chi connectivity index (χ2v) is 8.44. The third kappa shape index (κ3) is 6.38. The van der Waals surface area contributed by atoms with Crippen molar-refractivity contribution in [1.29, 1.82) is 0 Å². The van der Waals surface area contributed by atoms with Gasteiger partial charge in [0.25, 0.3) is 0 Å². The van der Waals surface area contributed by atoms with E-state index in [4.69, 9.17) is 5.73 Å². The number of nitrogens with two attached hydrogens (primary N) is 1. The zero-order valence-corrected chi connectivity index (χ0v) is 15.4. The molecule has 0 unspecified atom stereocenters. The molecule has 0 radical (unpaired) electrons. The number of anilines is 2. The summed E-state index contributed by atoms with van der Waals surface area (Å²) in [4.78, 5) is 33.9. The Morgan fingerprint density at radius 3 is 2.25 bits per heavy atom. The lowest BCUT2D eigenvalue weighted by atomic mass is 10.6. The Kier molecular flexibility index (Phi) is 6.89. The minimum Gasteiger partial charge on any atom is -0.374 e. The smallest absolute Gasteiger partial charge is 0.236 e. The predicted octanol–water partition coefficient (Wildman–Crippen LogP) is 0.457. The van der Waals surface area contributed by atoms with Gasteiger partial charge in [0.2, 0.25) is 28.0 Å². The number of hydrogen-bond donors (Lipinski definition) is 3. The normalized spacial score (nSPS) is 10.4. The molecule has 2 aromatic heterocycles. The molecule has 10 nitrogen and oxygen atoms in total. The summed E-state index contributed by atoms with van der Waals surface area (Å²) in [6.07, 6.45) is 0. The predicted molar refractivity (Wildman–Crippen MR) is 93.1 cm³/mol. The third-order valence-electron chi connectivity index (χ3n) is 2.04. The van der Waals surface area contributed by atoms with Crippen molar-refractivity contribution in [2.24, 2.45) is 0 Å². The summed E-state index contributed by atoms with van der Waals surface area (Å²) < 4.78 is 1.11. The number of nitrogens with zero attached hydrogens (tertiary/aromatic N) is 4. The van der Waals surface area contributed by atoms with Crippen LogP contribution in [0.4, 0.5) is 10.3 Å². The number of thioether (sulfide) groups is 2. The first kappa shape index (κ1) is 18.6. The molecule has 14 heteroatoms. The van der Waals surface area contributed by atoms with Crippen molar-refractivity contribution in [3.63, 3.8) is 0 Å². The van der Waals surface area contributed by atoms with E-state index in [2.05, 4.69) is 31.0 Å². The molecule has 0 saturated heterocycles. The molecule has 0 aliphatic heterocycles. The van der Waals surface area contributed by atoms with Crippen molar-refractivity contribution < 1.29 is 14.4 Å². The maximum Gasteiger partial charge on any atom is 0.236 e. The molecule has 0 saturated carbocycles. The maximum absolute atomic E-state index is 11.8. The summed E-state index contributed by atoms with van der Waals surface area (Å²) in [5, 5.41) is 20.5. The first-order valence-electron chi connectivity index (χ1n) is 6.20. The van der Waals surface area contributed by atoms with Gasteiger partial charge >= 0.3 is 0 Å². The molecule has 2 rings (SSSR count). The van der Waals surface area contributed by atoms with Gasteiger partial charge in [0.15, 0.2) is 8.68 Å². The second kappa shape index (κ2) is 8.91. The summed E-state index contributed by atoms with van der Waals surface area (Å²) in [6, 6.07) is 0.